The van der Waals surface area contributed by atoms with Gasteiger partial charge in [-0.3, -0.25) is 0 Å². The fraction of sp³-hybridized carbons (Fsp3) is 0.310. The standard InChI is InChI=1S/C29H35NO4/c1-5-28(22-9-7-6-8-10-22)29(24-13-17-27(18-14-24)34-21-32-4)23-11-15-26(16-12-23)33-20-25(31)19-30(2)3/h6-18,25,31H,5,19-21H2,1-4H3/b29-28+. The van der Waals surface area contributed by atoms with E-state index in [2.05, 4.69) is 55.5 Å². The van der Waals surface area contributed by atoms with Gasteiger partial charge in [0.2, 0.25) is 0 Å². The molecule has 1 atom stereocenters. The Morgan fingerprint density at radius 3 is 1.85 bits per heavy atom. The molecule has 180 valence electrons. The molecule has 0 aromatic heterocycles. The summed E-state index contributed by atoms with van der Waals surface area (Å²) in [6, 6.07) is 26.7. The lowest BCUT2D eigenvalue weighted by molar-refractivity contribution is 0.0511. The molecular formula is C29H35NO4. The third-order valence-corrected chi connectivity index (χ3v) is 5.43. The highest BCUT2D eigenvalue weighted by molar-refractivity contribution is 5.98. The van der Waals surface area contributed by atoms with Crippen LogP contribution in [0.25, 0.3) is 11.1 Å². The van der Waals surface area contributed by atoms with Crippen molar-refractivity contribution in [3.8, 4) is 11.5 Å². The zero-order chi connectivity index (χ0) is 24.3. The molecular weight excluding hydrogens is 426 g/mol. The van der Waals surface area contributed by atoms with Crippen molar-refractivity contribution in [2.45, 2.75) is 19.4 Å². The van der Waals surface area contributed by atoms with Crippen LogP contribution in [0.2, 0.25) is 0 Å². The van der Waals surface area contributed by atoms with Crippen LogP contribution in [0.4, 0.5) is 0 Å². The molecule has 0 spiro atoms. The number of aliphatic hydroxyl groups excluding tert-OH is 1. The van der Waals surface area contributed by atoms with E-state index in [0.717, 1.165) is 29.0 Å². The van der Waals surface area contributed by atoms with Crippen molar-refractivity contribution in [2.75, 3.05) is 41.1 Å². The van der Waals surface area contributed by atoms with Crippen LogP contribution in [0.5, 0.6) is 11.5 Å². The van der Waals surface area contributed by atoms with E-state index in [1.54, 1.807) is 7.11 Å². The van der Waals surface area contributed by atoms with E-state index in [9.17, 15) is 5.11 Å². The zero-order valence-electron chi connectivity index (χ0n) is 20.5. The Kier molecular flexibility index (Phi) is 9.71. The first-order valence-corrected chi connectivity index (χ1v) is 11.6. The Hall–Kier alpha value is -3.12. The molecule has 0 fully saturated rings. The smallest absolute Gasteiger partial charge is 0.188 e. The highest BCUT2D eigenvalue weighted by atomic mass is 16.7. The summed E-state index contributed by atoms with van der Waals surface area (Å²) in [6.07, 6.45) is 0.352. The first kappa shape index (κ1) is 25.5. The largest absolute Gasteiger partial charge is 0.491 e. The molecule has 3 rings (SSSR count). The van der Waals surface area contributed by atoms with Crippen LogP contribution in [0, 0.1) is 0 Å². The minimum absolute atomic E-state index is 0.219. The number of methoxy groups -OCH3 is 1. The second-order valence-electron chi connectivity index (χ2n) is 8.40. The molecule has 5 heteroatoms. The highest BCUT2D eigenvalue weighted by Crippen LogP contribution is 2.35. The molecule has 0 aliphatic carbocycles. The van der Waals surface area contributed by atoms with E-state index in [0.29, 0.717) is 6.54 Å². The van der Waals surface area contributed by atoms with E-state index in [1.807, 2.05) is 49.3 Å². The van der Waals surface area contributed by atoms with Gasteiger partial charge in [-0.1, -0.05) is 61.5 Å². The molecule has 3 aromatic rings. The van der Waals surface area contributed by atoms with Crippen LogP contribution in [0.15, 0.2) is 78.9 Å². The van der Waals surface area contributed by atoms with Gasteiger partial charge in [0.1, 0.15) is 24.2 Å². The van der Waals surface area contributed by atoms with Crippen molar-refractivity contribution in [1.29, 1.82) is 0 Å². The van der Waals surface area contributed by atoms with Crippen LogP contribution < -0.4 is 9.47 Å². The summed E-state index contributed by atoms with van der Waals surface area (Å²) in [4.78, 5) is 1.94. The van der Waals surface area contributed by atoms with E-state index in [4.69, 9.17) is 14.2 Å². The number of likely N-dealkylation sites (N-methyl/N-ethyl adjacent to an activating group) is 1. The Balaban J connectivity index is 1.94. The van der Waals surface area contributed by atoms with E-state index >= 15 is 0 Å². The molecule has 1 N–H and O–H groups in total. The first-order valence-electron chi connectivity index (χ1n) is 11.6. The fourth-order valence-corrected chi connectivity index (χ4v) is 3.91. The second kappa shape index (κ2) is 12.9. The quantitative estimate of drug-likeness (QED) is 0.291. The van der Waals surface area contributed by atoms with Gasteiger partial charge >= 0.3 is 0 Å². The number of aliphatic hydroxyl groups is 1. The molecule has 0 radical (unpaired) electrons. The summed E-state index contributed by atoms with van der Waals surface area (Å²) >= 11 is 0. The van der Waals surface area contributed by atoms with Crippen molar-refractivity contribution in [2.24, 2.45) is 0 Å². The van der Waals surface area contributed by atoms with Crippen molar-refractivity contribution in [3.63, 3.8) is 0 Å². The zero-order valence-corrected chi connectivity index (χ0v) is 20.5. The minimum atomic E-state index is -0.534. The Bertz CT molecular complexity index is 1030. The predicted octanol–water partition coefficient (Wildman–Crippen LogP) is 5.34. The third-order valence-electron chi connectivity index (χ3n) is 5.43. The van der Waals surface area contributed by atoms with Crippen LogP contribution >= 0.6 is 0 Å². The van der Waals surface area contributed by atoms with E-state index < -0.39 is 6.10 Å². The van der Waals surface area contributed by atoms with Crippen molar-refractivity contribution >= 4 is 11.1 Å². The summed E-state index contributed by atoms with van der Waals surface area (Å²) in [6.45, 7) is 3.22. The van der Waals surface area contributed by atoms with Crippen molar-refractivity contribution in [3.05, 3.63) is 95.6 Å². The molecule has 5 nitrogen and oxygen atoms in total. The van der Waals surface area contributed by atoms with Crippen LogP contribution in [-0.2, 0) is 4.74 Å². The SMILES string of the molecule is CC/C(=C(\c1ccc(OCOC)cc1)c1ccc(OCC(O)CN(C)C)cc1)c1ccccc1. The summed E-state index contributed by atoms with van der Waals surface area (Å²) < 4.78 is 16.4. The lowest BCUT2D eigenvalue weighted by Crippen LogP contribution is -2.30. The number of ether oxygens (including phenoxy) is 3. The number of hydrogen-bond donors (Lipinski definition) is 1. The summed E-state index contributed by atoms with van der Waals surface area (Å²) in [5.74, 6) is 1.50. The van der Waals surface area contributed by atoms with Crippen molar-refractivity contribution in [1.82, 2.24) is 4.90 Å². The molecule has 0 amide bonds. The monoisotopic (exact) mass is 461 g/mol. The van der Waals surface area contributed by atoms with Gasteiger partial charge in [-0.25, -0.2) is 0 Å². The van der Waals surface area contributed by atoms with Gasteiger partial charge in [0.05, 0.1) is 0 Å². The average molecular weight is 462 g/mol. The lowest BCUT2D eigenvalue weighted by atomic mass is 9.88. The molecule has 1 unspecified atom stereocenters. The molecule has 0 aliphatic heterocycles. The van der Waals surface area contributed by atoms with Gasteiger partial charge < -0.3 is 24.2 Å². The molecule has 0 heterocycles. The van der Waals surface area contributed by atoms with Gasteiger partial charge in [-0.05, 0) is 72.6 Å². The predicted molar refractivity (Wildman–Crippen MR) is 138 cm³/mol. The summed E-state index contributed by atoms with van der Waals surface area (Å²) in [5.41, 5.74) is 5.85. The fourth-order valence-electron chi connectivity index (χ4n) is 3.91. The van der Waals surface area contributed by atoms with Gasteiger partial charge in [-0.2, -0.15) is 0 Å². The normalized spacial score (nSPS) is 12.9. The Morgan fingerprint density at radius 1 is 0.794 bits per heavy atom. The second-order valence-corrected chi connectivity index (χ2v) is 8.40. The van der Waals surface area contributed by atoms with Crippen LogP contribution in [0.3, 0.4) is 0 Å². The maximum atomic E-state index is 10.1. The van der Waals surface area contributed by atoms with Gasteiger partial charge in [0, 0.05) is 13.7 Å². The Labute approximate surface area is 203 Å². The van der Waals surface area contributed by atoms with Gasteiger partial charge in [-0.15, -0.1) is 0 Å². The number of allylic oxidation sites excluding steroid dienone is 1. The summed E-state index contributed by atoms with van der Waals surface area (Å²) in [5, 5.41) is 10.1. The molecule has 0 bridgehead atoms. The number of rotatable bonds is 12. The van der Waals surface area contributed by atoms with E-state index in [1.165, 1.54) is 16.7 Å². The first-order chi connectivity index (χ1) is 16.5. The lowest BCUT2D eigenvalue weighted by Gasteiger charge is -2.18. The molecule has 34 heavy (non-hydrogen) atoms. The van der Waals surface area contributed by atoms with Crippen LogP contribution in [0.1, 0.15) is 30.0 Å². The number of benzene rings is 3. The maximum Gasteiger partial charge on any atom is 0.188 e. The van der Waals surface area contributed by atoms with Gasteiger partial charge in [0.25, 0.3) is 0 Å². The molecule has 0 saturated carbocycles. The minimum Gasteiger partial charge on any atom is -0.491 e. The number of hydrogen-bond acceptors (Lipinski definition) is 5. The molecule has 3 aromatic carbocycles. The van der Waals surface area contributed by atoms with Gasteiger partial charge in [0.15, 0.2) is 6.79 Å². The average Bonchev–Trinajstić information content (AvgIpc) is 2.86. The molecule has 0 saturated heterocycles. The topological polar surface area (TPSA) is 51.2 Å². The van der Waals surface area contributed by atoms with Crippen molar-refractivity contribution < 1.29 is 19.3 Å². The third kappa shape index (κ3) is 7.19. The van der Waals surface area contributed by atoms with E-state index in [-0.39, 0.29) is 13.4 Å². The molecule has 0 aliphatic rings. The number of nitrogens with zero attached hydrogens (tertiary/aromatic N) is 1. The Morgan fingerprint density at radius 2 is 1.35 bits per heavy atom. The maximum absolute atomic E-state index is 10.1. The highest BCUT2D eigenvalue weighted by Gasteiger charge is 2.14. The van der Waals surface area contributed by atoms with Crippen LogP contribution in [-0.4, -0.2) is 57.3 Å². The summed E-state index contributed by atoms with van der Waals surface area (Å²) in [7, 11) is 5.47.